The summed E-state index contributed by atoms with van der Waals surface area (Å²) in [5.41, 5.74) is 3.35. The molecule has 0 spiro atoms. The van der Waals surface area contributed by atoms with Gasteiger partial charge in [-0.2, -0.15) is 0 Å². The molecule has 2 N–H and O–H groups in total. The molecule has 1 aliphatic rings. The van der Waals surface area contributed by atoms with Crippen molar-refractivity contribution in [3.05, 3.63) is 65.6 Å². The number of hydrogen-bond acceptors (Lipinski definition) is 4. The monoisotopic (exact) mass is 377 g/mol. The Balaban J connectivity index is 1.30. The minimum atomic E-state index is 0.0605. The summed E-state index contributed by atoms with van der Waals surface area (Å²) in [4.78, 5) is 18.7. The fraction of sp³-hybridized carbons (Fsp3) is 0.300. The number of amides is 1. The number of aliphatic imine (C=N–C) groups is 1. The first kappa shape index (κ1) is 18.0. The van der Waals surface area contributed by atoms with E-state index in [4.69, 9.17) is 0 Å². The predicted octanol–water partition coefficient (Wildman–Crippen LogP) is 0.979. The van der Waals surface area contributed by atoms with Crippen LogP contribution in [0.1, 0.15) is 17.0 Å². The molecule has 144 valence electrons. The van der Waals surface area contributed by atoms with Gasteiger partial charge in [-0.3, -0.25) is 14.2 Å². The molecule has 3 aromatic rings. The first-order chi connectivity index (χ1) is 13.7. The Kier molecular flexibility index (Phi) is 5.18. The Morgan fingerprint density at radius 3 is 2.79 bits per heavy atom. The predicted molar refractivity (Wildman–Crippen MR) is 107 cm³/mol. The molecule has 2 aromatic heterocycles. The first-order valence-electron chi connectivity index (χ1n) is 9.32. The second-order valence-corrected chi connectivity index (χ2v) is 6.66. The van der Waals surface area contributed by atoms with Crippen LogP contribution >= 0.6 is 0 Å². The van der Waals surface area contributed by atoms with Crippen molar-refractivity contribution in [2.75, 3.05) is 20.1 Å². The zero-order valence-corrected chi connectivity index (χ0v) is 15.8. The highest BCUT2D eigenvalue weighted by Crippen LogP contribution is 2.18. The van der Waals surface area contributed by atoms with E-state index in [1.807, 2.05) is 45.8 Å². The molecule has 0 radical (unpaired) electrons. The molecular weight excluding hydrogens is 354 g/mol. The van der Waals surface area contributed by atoms with Gasteiger partial charge in [0.2, 0.25) is 5.91 Å². The van der Waals surface area contributed by atoms with E-state index < -0.39 is 0 Å². The van der Waals surface area contributed by atoms with Gasteiger partial charge in [-0.1, -0.05) is 30.3 Å². The van der Waals surface area contributed by atoms with Crippen LogP contribution in [0.3, 0.4) is 0 Å². The van der Waals surface area contributed by atoms with Crippen molar-refractivity contribution in [3.8, 4) is 0 Å². The van der Waals surface area contributed by atoms with Gasteiger partial charge in [-0.05, 0) is 29.7 Å². The summed E-state index contributed by atoms with van der Waals surface area (Å²) in [6.45, 7) is 2.06. The lowest BCUT2D eigenvalue weighted by Gasteiger charge is -2.29. The third-order valence-electron chi connectivity index (χ3n) is 4.91. The molecule has 0 atom stereocenters. The Morgan fingerprint density at radius 2 is 1.93 bits per heavy atom. The van der Waals surface area contributed by atoms with Crippen molar-refractivity contribution < 1.29 is 4.79 Å². The normalized spacial score (nSPS) is 14.0. The zero-order chi connectivity index (χ0) is 19.3. The van der Waals surface area contributed by atoms with Crippen molar-refractivity contribution in [3.63, 3.8) is 0 Å². The van der Waals surface area contributed by atoms with Gasteiger partial charge in [-0.15, -0.1) is 10.2 Å². The number of nitrogens with zero attached hydrogens (tertiary/aromatic N) is 5. The highest BCUT2D eigenvalue weighted by molar-refractivity contribution is 5.86. The Morgan fingerprint density at radius 1 is 1.11 bits per heavy atom. The summed E-state index contributed by atoms with van der Waals surface area (Å²) in [5, 5.41) is 14.6. The summed E-state index contributed by atoms with van der Waals surface area (Å²) < 4.78 is 1.91. The fourth-order valence-electron chi connectivity index (χ4n) is 3.37. The van der Waals surface area contributed by atoms with Crippen molar-refractivity contribution in [1.29, 1.82) is 0 Å². The van der Waals surface area contributed by atoms with Gasteiger partial charge in [0.15, 0.2) is 17.4 Å². The molecule has 28 heavy (non-hydrogen) atoms. The molecule has 0 fully saturated rings. The van der Waals surface area contributed by atoms with E-state index >= 15 is 0 Å². The first-order valence-corrected chi connectivity index (χ1v) is 9.32. The standard InChI is InChI=1S/C20H23N7O/c1-21-20(22-12-18-25-24-17-8-4-5-10-27(17)18)23-13-19(28)26-11-9-15-6-2-3-7-16(15)14-26/h2-8,10H,9,11-14H2,1H3,(H2,21,22,23). The number of fused-ring (bicyclic) bond motifs is 2. The van der Waals surface area contributed by atoms with Gasteiger partial charge < -0.3 is 15.5 Å². The highest BCUT2D eigenvalue weighted by atomic mass is 16.2. The van der Waals surface area contributed by atoms with E-state index in [0.717, 1.165) is 24.4 Å². The molecule has 1 aromatic carbocycles. The SMILES string of the molecule is CN=C(NCC(=O)N1CCc2ccccc2C1)NCc1nnc2ccccn12. The van der Waals surface area contributed by atoms with Gasteiger partial charge in [0.1, 0.15) is 0 Å². The molecule has 0 saturated heterocycles. The summed E-state index contributed by atoms with van der Waals surface area (Å²) in [5.74, 6) is 1.39. The average molecular weight is 377 g/mol. The van der Waals surface area contributed by atoms with Crippen LogP contribution in [0.5, 0.6) is 0 Å². The lowest BCUT2D eigenvalue weighted by atomic mass is 10.00. The average Bonchev–Trinajstić information content (AvgIpc) is 3.16. The van der Waals surface area contributed by atoms with Gasteiger partial charge >= 0.3 is 0 Å². The van der Waals surface area contributed by atoms with E-state index in [-0.39, 0.29) is 12.5 Å². The molecular formula is C20H23N7O. The third kappa shape index (κ3) is 3.80. The number of carbonyl (C=O) groups is 1. The summed E-state index contributed by atoms with van der Waals surface area (Å²) in [6.07, 6.45) is 2.81. The number of rotatable bonds is 4. The van der Waals surface area contributed by atoms with Crippen LogP contribution in [0.2, 0.25) is 0 Å². The molecule has 0 saturated carbocycles. The van der Waals surface area contributed by atoms with Crippen LogP contribution in [0, 0.1) is 0 Å². The van der Waals surface area contributed by atoms with E-state index in [9.17, 15) is 4.79 Å². The molecule has 4 rings (SSSR count). The van der Waals surface area contributed by atoms with Gasteiger partial charge in [-0.25, -0.2) is 0 Å². The highest BCUT2D eigenvalue weighted by Gasteiger charge is 2.20. The molecule has 0 unspecified atom stereocenters. The number of guanidine groups is 1. The molecule has 8 nitrogen and oxygen atoms in total. The number of nitrogens with one attached hydrogen (secondary N) is 2. The van der Waals surface area contributed by atoms with Gasteiger partial charge in [0.05, 0.1) is 13.1 Å². The smallest absolute Gasteiger partial charge is 0.242 e. The van der Waals surface area contributed by atoms with Crippen LogP contribution in [0.15, 0.2) is 53.7 Å². The van der Waals surface area contributed by atoms with Gasteiger partial charge in [0.25, 0.3) is 0 Å². The van der Waals surface area contributed by atoms with E-state index in [1.54, 1.807) is 7.05 Å². The van der Waals surface area contributed by atoms with Crippen molar-refractivity contribution in [1.82, 2.24) is 30.1 Å². The second kappa shape index (κ2) is 8.08. The van der Waals surface area contributed by atoms with Crippen LogP contribution in [0.4, 0.5) is 0 Å². The van der Waals surface area contributed by atoms with Crippen LogP contribution in [-0.4, -0.2) is 51.5 Å². The lowest BCUT2D eigenvalue weighted by molar-refractivity contribution is -0.130. The number of carbonyl (C=O) groups excluding carboxylic acids is 1. The third-order valence-corrected chi connectivity index (χ3v) is 4.91. The molecule has 3 heterocycles. The summed E-state index contributed by atoms with van der Waals surface area (Å²) in [6, 6.07) is 14.0. The van der Waals surface area contributed by atoms with Gasteiger partial charge in [0, 0.05) is 26.3 Å². The maximum atomic E-state index is 12.6. The van der Waals surface area contributed by atoms with Crippen molar-refractivity contribution >= 4 is 17.5 Å². The Hall–Kier alpha value is -3.42. The molecule has 0 aliphatic carbocycles. The molecule has 8 heteroatoms. The topological polar surface area (TPSA) is 86.9 Å². The zero-order valence-electron chi connectivity index (χ0n) is 15.8. The number of pyridine rings is 1. The van der Waals surface area contributed by atoms with E-state index in [1.165, 1.54) is 11.1 Å². The van der Waals surface area contributed by atoms with Crippen molar-refractivity contribution in [2.24, 2.45) is 4.99 Å². The largest absolute Gasteiger partial charge is 0.349 e. The molecule has 1 aliphatic heterocycles. The number of hydrogen-bond donors (Lipinski definition) is 2. The Labute approximate surface area is 163 Å². The van der Waals surface area contributed by atoms with Crippen molar-refractivity contribution in [2.45, 2.75) is 19.5 Å². The van der Waals surface area contributed by atoms with Crippen LogP contribution in [0.25, 0.3) is 5.65 Å². The summed E-state index contributed by atoms with van der Waals surface area (Å²) >= 11 is 0. The van der Waals surface area contributed by atoms with Crippen LogP contribution in [-0.2, 0) is 24.3 Å². The van der Waals surface area contributed by atoms with E-state index in [0.29, 0.717) is 19.0 Å². The second-order valence-electron chi connectivity index (χ2n) is 6.66. The van der Waals surface area contributed by atoms with Crippen LogP contribution < -0.4 is 10.6 Å². The summed E-state index contributed by atoms with van der Waals surface area (Å²) in [7, 11) is 1.68. The number of benzene rings is 1. The minimum Gasteiger partial charge on any atom is -0.349 e. The maximum absolute atomic E-state index is 12.6. The molecule has 0 bridgehead atoms. The Bertz CT molecular complexity index is 1010. The maximum Gasteiger partial charge on any atom is 0.242 e. The quantitative estimate of drug-likeness (QED) is 0.523. The molecule has 1 amide bonds. The van der Waals surface area contributed by atoms with E-state index in [2.05, 4.69) is 38.0 Å². The lowest BCUT2D eigenvalue weighted by Crippen LogP contribution is -2.45. The number of aromatic nitrogens is 3. The minimum absolute atomic E-state index is 0.0605. The fourth-order valence-corrected chi connectivity index (χ4v) is 3.37.